The molecule has 2 N–H and O–H groups in total. The van der Waals surface area contributed by atoms with Crippen LogP contribution in [0.5, 0.6) is 11.5 Å². The van der Waals surface area contributed by atoms with E-state index in [4.69, 9.17) is 15.2 Å². The van der Waals surface area contributed by atoms with Gasteiger partial charge in [0, 0.05) is 30.8 Å². The first-order valence-electron chi connectivity index (χ1n) is 6.68. The van der Waals surface area contributed by atoms with E-state index in [-0.39, 0.29) is 24.6 Å². The summed E-state index contributed by atoms with van der Waals surface area (Å²) in [6, 6.07) is 5.41. The minimum absolute atomic E-state index is 0.0123. The second kappa shape index (κ2) is 7.14. The smallest absolute Gasteiger partial charge is 0.260 e. The van der Waals surface area contributed by atoms with Gasteiger partial charge in [-0.15, -0.1) is 0 Å². The van der Waals surface area contributed by atoms with Gasteiger partial charge in [-0.3, -0.25) is 4.79 Å². The Morgan fingerprint density at radius 1 is 1.35 bits per heavy atom. The van der Waals surface area contributed by atoms with E-state index in [0.717, 1.165) is 5.56 Å². The van der Waals surface area contributed by atoms with Crippen molar-refractivity contribution in [1.82, 2.24) is 4.90 Å². The summed E-state index contributed by atoms with van der Waals surface area (Å²) in [4.78, 5) is 13.6. The second-order valence-electron chi connectivity index (χ2n) is 5.08. The van der Waals surface area contributed by atoms with Gasteiger partial charge < -0.3 is 20.1 Å². The lowest BCUT2D eigenvalue weighted by Crippen LogP contribution is -2.36. The minimum Gasteiger partial charge on any atom is -0.497 e. The Morgan fingerprint density at radius 2 is 2.00 bits per heavy atom. The molecule has 0 bridgehead atoms. The summed E-state index contributed by atoms with van der Waals surface area (Å²) in [5.74, 6) is 1.19. The zero-order valence-electron chi connectivity index (χ0n) is 12.8. The monoisotopic (exact) mass is 280 g/mol. The molecule has 112 valence electrons. The molecule has 1 rings (SSSR count). The normalized spacial score (nSPS) is 12.2. The molecule has 0 saturated carbocycles. The van der Waals surface area contributed by atoms with Gasteiger partial charge in [-0.1, -0.05) is 6.07 Å². The number of nitrogens with zero attached hydrogens (tertiary/aromatic N) is 1. The number of likely N-dealkylation sites (N-methyl/N-ethyl adjacent to an activating group) is 1. The lowest BCUT2D eigenvalue weighted by molar-refractivity contribution is -0.133. The molecule has 1 atom stereocenters. The number of hydrogen-bond acceptors (Lipinski definition) is 4. The molecule has 0 aliphatic heterocycles. The fourth-order valence-electron chi connectivity index (χ4n) is 1.67. The summed E-state index contributed by atoms with van der Waals surface area (Å²) in [7, 11) is 3.34. The van der Waals surface area contributed by atoms with E-state index in [1.165, 1.54) is 0 Å². The topological polar surface area (TPSA) is 64.8 Å². The maximum absolute atomic E-state index is 11.9. The third-order valence-electron chi connectivity index (χ3n) is 3.23. The molecule has 5 heteroatoms. The van der Waals surface area contributed by atoms with Gasteiger partial charge in [0.15, 0.2) is 6.61 Å². The van der Waals surface area contributed by atoms with Crippen molar-refractivity contribution in [3.63, 3.8) is 0 Å². The van der Waals surface area contributed by atoms with Crippen LogP contribution in [-0.2, 0) is 4.79 Å². The summed E-state index contributed by atoms with van der Waals surface area (Å²) < 4.78 is 10.8. The van der Waals surface area contributed by atoms with Crippen molar-refractivity contribution in [2.24, 2.45) is 5.73 Å². The molecule has 0 aliphatic carbocycles. The van der Waals surface area contributed by atoms with E-state index in [0.29, 0.717) is 11.5 Å². The molecular weight excluding hydrogens is 256 g/mol. The highest BCUT2D eigenvalue weighted by molar-refractivity contribution is 5.77. The number of hydrogen-bond donors (Lipinski definition) is 1. The van der Waals surface area contributed by atoms with Gasteiger partial charge in [-0.25, -0.2) is 0 Å². The SMILES string of the molecule is COc1ccc([C@@H](C)N)c(OCC(=O)N(C)C(C)C)c1. The predicted octanol–water partition coefficient (Wildman–Crippen LogP) is 1.96. The first-order valence-corrected chi connectivity index (χ1v) is 6.68. The molecule has 0 spiro atoms. The molecule has 1 amide bonds. The van der Waals surface area contributed by atoms with Crippen LogP contribution in [0.25, 0.3) is 0 Å². The van der Waals surface area contributed by atoms with E-state index in [1.807, 2.05) is 32.9 Å². The summed E-state index contributed by atoms with van der Waals surface area (Å²) in [6.07, 6.45) is 0. The molecule has 1 aromatic rings. The number of amides is 1. The number of carbonyl (C=O) groups is 1. The van der Waals surface area contributed by atoms with Crippen LogP contribution in [-0.4, -0.2) is 37.6 Å². The fourth-order valence-corrected chi connectivity index (χ4v) is 1.67. The van der Waals surface area contributed by atoms with Crippen LogP contribution in [0.1, 0.15) is 32.4 Å². The Bertz CT molecular complexity index is 458. The van der Waals surface area contributed by atoms with E-state index < -0.39 is 0 Å². The predicted molar refractivity (Wildman–Crippen MR) is 79.0 cm³/mol. The van der Waals surface area contributed by atoms with Crippen molar-refractivity contribution >= 4 is 5.91 Å². The Balaban J connectivity index is 2.83. The number of ether oxygens (including phenoxy) is 2. The first-order chi connectivity index (χ1) is 9.36. The van der Waals surface area contributed by atoms with Crippen LogP contribution in [0.2, 0.25) is 0 Å². The third kappa shape index (κ3) is 4.13. The van der Waals surface area contributed by atoms with Crippen LogP contribution in [0.4, 0.5) is 0 Å². The van der Waals surface area contributed by atoms with Gasteiger partial charge in [-0.05, 0) is 26.8 Å². The van der Waals surface area contributed by atoms with Crippen molar-refractivity contribution in [1.29, 1.82) is 0 Å². The fraction of sp³-hybridized carbons (Fsp3) is 0.533. The van der Waals surface area contributed by atoms with Crippen LogP contribution in [0.3, 0.4) is 0 Å². The number of benzene rings is 1. The summed E-state index contributed by atoms with van der Waals surface area (Å²) in [5.41, 5.74) is 6.76. The molecule has 0 heterocycles. The molecule has 0 saturated heterocycles. The van der Waals surface area contributed by atoms with E-state index in [2.05, 4.69) is 0 Å². The Labute approximate surface area is 120 Å². The van der Waals surface area contributed by atoms with E-state index in [9.17, 15) is 4.79 Å². The maximum atomic E-state index is 11.9. The van der Waals surface area contributed by atoms with Crippen molar-refractivity contribution < 1.29 is 14.3 Å². The summed E-state index contributed by atoms with van der Waals surface area (Å²) in [5, 5.41) is 0. The van der Waals surface area contributed by atoms with Crippen molar-refractivity contribution in [2.75, 3.05) is 20.8 Å². The highest BCUT2D eigenvalue weighted by atomic mass is 16.5. The van der Waals surface area contributed by atoms with Crippen LogP contribution < -0.4 is 15.2 Å². The number of nitrogens with two attached hydrogens (primary N) is 1. The van der Waals surface area contributed by atoms with Crippen LogP contribution in [0.15, 0.2) is 18.2 Å². The molecule has 1 aromatic carbocycles. The molecule has 0 aliphatic rings. The van der Waals surface area contributed by atoms with Crippen molar-refractivity contribution in [2.45, 2.75) is 32.9 Å². The molecule has 5 nitrogen and oxygen atoms in total. The minimum atomic E-state index is -0.172. The van der Waals surface area contributed by atoms with Gasteiger partial charge >= 0.3 is 0 Å². The van der Waals surface area contributed by atoms with Crippen LogP contribution in [0, 0.1) is 0 Å². The molecular formula is C15H24N2O3. The zero-order chi connectivity index (χ0) is 15.3. The molecule has 0 fully saturated rings. The van der Waals surface area contributed by atoms with Gasteiger partial charge in [0.25, 0.3) is 5.91 Å². The molecule has 0 radical (unpaired) electrons. The molecule has 0 unspecified atom stereocenters. The lowest BCUT2D eigenvalue weighted by Gasteiger charge is -2.22. The van der Waals surface area contributed by atoms with Crippen molar-refractivity contribution in [3.05, 3.63) is 23.8 Å². The average Bonchev–Trinajstić information content (AvgIpc) is 2.42. The van der Waals surface area contributed by atoms with Crippen molar-refractivity contribution in [3.8, 4) is 11.5 Å². The lowest BCUT2D eigenvalue weighted by atomic mass is 10.1. The summed E-state index contributed by atoms with van der Waals surface area (Å²) >= 11 is 0. The van der Waals surface area contributed by atoms with Gasteiger partial charge in [0.2, 0.25) is 0 Å². The zero-order valence-corrected chi connectivity index (χ0v) is 12.8. The Hall–Kier alpha value is -1.75. The summed E-state index contributed by atoms with van der Waals surface area (Å²) in [6.45, 7) is 5.77. The van der Waals surface area contributed by atoms with Gasteiger partial charge in [-0.2, -0.15) is 0 Å². The molecule has 0 aromatic heterocycles. The quantitative estimate of drug-likeness (QED) is 0.865. The Kier molecular flexibility index (Phi) is 5.82. The number of methoxy groups -OCH3 is 1. The number of rotatable bonds is 6. The van der Waals surface area contributed by atoms with Crippen LogP contribution >= 0.6 is 0 Å². The number of carbonyl (C=O) groups excluding carboxylic acids is 1. The highest BCUT2D eigenvalue weighted by Gasteiger charge is 2.15. The van der Waals surface area contributed by atoms with E-state index >= 15 is 0 Å². The average molecular weight is 280 g/mol. The largest absolute Gasteiger partial charge is 0.497 e. The second-order valence-corrected chi connectivity index (χ2v) is 5.08. The van der Waals surface area contributed by atoms with E-state index in [1.54, 1.807) is 25.1 Å². The first kappa shape index (κ1) is 16.3. The highest BCUT2D eigenvalue weighted by Crippen LogP contribution is 2.28. The van der Waals surface area contributed by atoms with Gasteiger partial charge in [0.05, 0.1) is 7.11 Å². The standard InChI is InChI=1S/C15H24N2O3/c1-10(2)17(4)15(18)9-20-14-8-12(19-5)6-7-13(14)11(3)16/h6-8,10-11H,9,16H2,1-5H3/t11-/m1/s1. The molecule has 20 heavy (non-hydrogen) atoms. The Morgan fingerprint density at radius 3 is 2.50 bits per heavy atom. The third-order valence-corrected chi connectivity index (χ3v) is 3.23. The maximum Gasteiger partial charge on any atom is 0.260 e. The van der Waals surface area contributed by atoms with Gasteiger partial charge in [0.1, 0.15) is 11.5 Å².